The van der Waals surface area contributed by atoms with Gasteiger partial charge in [0.2, 0.25) is 12.3 Å². The molecule has 7 nitrogen and oxygen atoms in total. The lowest BCUT2D eigenvalue weighted by Gasteiger charge is -2.37. The first-order chi connectivity index (χ1) is 18.3. The van der Waals surface area contributed by atoms with Gasteiger partial charge in [0.25, 0.3) is 0 Å². The molecule has 0 aromatic carbocycles. The number of amides is 2. The van der Waals surface area contributed by atoms with Crippen LogP contribution in [0.3, 0.4) is 0 Å². The maximum atomic E-state index is 12.5. The summed E-state index contributed by atoms with van der Waals surface area (Å²) in [6.07, 6.45) is 17.3. The maximum absolute atomic E-state index is 12.5. The van der Waals surface area contributed by atoms with E-state index in [1.807, 2.05) is 44.2 Å². The molecule has 0 heterocycles. The number of methoxy groups -OCH3 is 1. The van der Waals surface area contributed by atoms with Gasteiger partial charge in [0, 0.05) is 19.6 Å². The first-order valence-corrected chi connectivity index (χ1v) is 17.2. The molecule has 4 atom stereocenters. The average molecular weight is 565 g/mol. The topological polar surface area (TPSA) is 96.9 Å². The third-order valence-corrected chi connectivity index (χ3v) is 12.0. The molecule has 0 saturated heterocycles. The summed E-state index contributed by atoms with van der Waals surface area (Å²) in [5.41, 5.74) is 1.17. The van der Waals surface area contributed by atoms with Crippen LogP contribution in [0.2, 0.25) is 18.1 Å². The zero-order valence-electron chi connectivity index (χ0n) is 25.8. The lowest BCUT2D eigenvalue weighted by molar-refractivity contribution is -0.126. The normalized spacial score (nSPS) is 16.2. The van der Waals surface area contributed by atoms with Gasteiger partial charge in [-0.1, -0.05) is 89.1 Å². The highest BCUT2D eigenvalue weighted by molar-refractivity contribution is 6.74. The summed E-state index contributed by atoms with van der Waals surface area (Å²) < 4.78 is 11.6. The predicted molar refractivity (Wildman–Crippen MR) is 165 cm³/mol. The highest BCUT2D eigenvalue weighted by atomic mass is 28.4. The number of rotatable bonds is 21. The molecule has 0 rings (SSSR count). The van der Waals surface area contributed by atoms with Crippen molar-refractivity contribution in [2.45, 2.75) is 110 Å². The molecule has 0 bridgehead atoms. The summed E-state index contributed by atoms with van der Waals surface area (Å²) in [5, 5.41) is 16.0. The molecule has 224 valence electrons. The number of aliphatic hydroxyl groups excluding tert-OH is 1. The third-order valence-electron chi connectivity index (χ3n) is 7.48. The van der Waals surface area contributed by atoms with Crippen LogP contribution in [0.1, 0.15) is 73.1 Å². The van der Waals surface area contributed by atoms with Crippen molar-refractivity contribution in [3.63, 3.8) is 0 Å². The van der Waals surface area contributed by atoms with Crippen LogP contribution >= 0.6 is 0 Å². The van der Waals surface area contributed by atoms with E-state index in [1.165, 1.54) is 5.57 Å². The van der Waals surface area contributed by atoms with Crippen molar-refractivity contribution in [3.8, 4) is 0 Å². The van der Waals surface area contributed by atoms with Gasteiger partial charge in [-0.05, 0) is 50.7 Å². The largest absolute Gasteiger partial charge is 0.414 e. The number of allylic oxidation sites excluding steroid dienone is 5. The van der Waals surface area contributed by atoms with Crippen LogP contribution in [0, 0.1) is 5.92 Å². The molecule has 1 unspecified atom stereocenters. The van der Waals surface area contributed by atoms with Crippen LogP contribution in [0.25, 0.3) is 0 Å². The van der Waals surface area contributed by atoms with Crippen LogP contribution < -0.4 is 10.6 Å². The number of aliphatic hydroxyl groups is 1. The number of nitrogens with one attached hydrogen (secondary N) is 2. The summed E-state index contributed by atoms with van der Waals surface area (Å²) in [6, 6.07) is -0.697. The lowest BCUT2D eigenvalue weighted by atomic mass is 9.98. The van der Waals surface area contributed by atoms with E-state index in [-0.39, 0.29) is 29.6 Å². The molecule has 0 aliphatic rings. The zero-order chi connectivity index (χ0) is 29.9. The van der Waals surface area contributed by atoms with Crippen molar-refractivity contribution in [3.05, 3.63) is 48.6 Å². The molecule has 0 aliphatic heterocycles. The van der Waals surface area contributed by atoms with Crippen molar-refractivity contribution in [1.29, 1.82) is 0 Å². The monoisotopic (exact) mass is 564 g/mol. The SMILES string of the molecule is C=C/C(C)=C\CC[C@@H](/C=C/C=C/[C@H](C)[C@H](O)CCCCCNC(=O)C(CO[Si](C)(C)C(C)(C)C)NC=O)OC. The Balaban J connectivity index is 4.33. The second kappa shape index (κ2) is 20.0. The molecular formula is C31H56N2O5Si. The van der Waals surface area contributed by atoms with Crippen molar-refractivity contribution in [1.82, 2.24) is 10.6 Å². The average Bonchev–Trinajstić information content (AvgIpc) is 2.88. The summed E-state index contributed by atoms with van der Waals surface area (Å²) >= 11 is 0. The number of carbonyl (C=O) groups is 2. The smallest absolute Gasteiger partial charge is 0.244 e. The fourth-order valence-corrected chi connectivity index (χ4v) is 4.47. The minimum absolute atomic E-state index is 0.0270. The lowest BCUT2D eigenvalue weighted by Crippen LogP contribution is -2.50. The van der Waals surface area contributed by atoms with E-state index in [0.717, 1.165) is 32.1 Å². The van der Waals surface area contributed by atoms with Gasteiger partial charge in [0.05, 0.1) is 18.8 Å². The molecule has 0 spiro atoms. The van der Waals surface area contributed by atoms with E-state index in [0.29, 0.717) is 19.4 Å². The summed E-state index contributed by atoms with van der Waals surface area (Å²) in [4.78, 5) is 23.5. The van der Waals surface area contributed by atoms with Crippen LogP contribution in [0.15, 0.2) is 48.6 Å². The van der Waals surface area contributed by atoms with Crippen molar-refractivity contribution in [2.75, 3.05) is 20.3 Å². The molecule has 3 N–H and O–H groups in total. The maximum Gasteiger partial charge on any atom is 0.244 e. The Morgan fingerprint density at radius 3 is 2.36 bits per heavy atom. The molecule has 0 saturated carbocycles. The van der Waals surface area contributed by atoms with Crippen LogP contribution in [0.4, 0.5) is 0 Å². The van der Waals surface area contributed by atoms with E-state index >= 15 is 0 Å². The van der Waals surface area contributed by atoms with E-state index in [9.17, 15) is 14.7 Å². The molecule has 39 heavy (non-hydrogen) atoms. The van der Waals surface area contributed by atoms with Gasteiger partial charge in [0.15, 0.2) is 8.32 Å². The molecular weight excluding hydrogens is 508 g/mol. The van der Waals surface area contributed by atoms with Crippen molar-refractivity contribution < 1.29 is 23.9 Å². The molecule has 0 aliphatic carbocycles. The van der Waals surface area contributed by atoms with Gasteiger partial charge < -0.3 is 24.9 Å². The van der Waals surface area contributed by atoms with Gasteiger partial charge in [-0.15, -0.1) is 0 Å². The van der Waals surface area contributed by atoms with E-state index in [4.69, 9.17) is 9.16 Å². The van der Waals surface area contributed by atoms with Gasteiger partial charge >= 0.3 is 0 Å². The second-order valence-electron chi connectivity index (χ2n) is 11.7. The minimum Gasteiger partial charge on any atom is -0.414 e. The number of unbranched alkanes of at least 4 members (excludes halogenated alkanes) is 2. The zero-order valence-corrected chi connectivity index (χ0v) is 26.8. The molecule has 0 fully saturated rings. The molecule has 2 amide bonds. The summed E-state index contributed by atoms with van der Waals surface area (Å²) in [7, 11) is -0.304. The van der Waals surface area contributed by atoms with Crippen LogP contribution in [-0.2, 0) is 18.8 Å². The number of carbonyl (C=O) groups excluding carboxylic acids is 2. The Morgan fingerprint density at radius 1 is 1.10 bits per heavy atom. The van der Waals surface area contributed by atoms with E-state index in [1.54, 1.807) is 7.11 Å². The summed E-state index contributed by atoms with van der Waals surface area (Å²) in [6.45, 7) is 19.2. The Labute approximate surface area is 239 Å². The van der Waals surface area contributed by atoms with Crippen LogP contribution in [-0.4, -0.2) is 64.3 Å². The third kappa shape index (κ3) is 16.6. The standard InChI is InChI=1S/C31H56N2O5Si/c1-10-25(2)17-16-20-27(37-7)19-14-13-18-26(3)29(35)21-12-11-15-22-32-30(36)28(33-24-34)23-38-39(8,9)31(4,5)6/h10,13-14,17-19,24,26-29,35H,1,11-12,15-16,20-23H2,2-9H3,(H,32,36)(H,33,34)/b18-13+,19-14+,25-17-/t26-,27+,28?,29+/m0/s1. The fourth-order valence-electron chi connectivity index (χ4n) is 3.45. The summed E-state index contributed by atoms with van der Waals surface area (Å²) in [5.74, 6) is -0.184. The number of hydrogen-bond acceptors (Lipinski definition) is 5. The molecule has 0 aromatic heterocycles. The number of hydrogen-bond donors (Lipinski definition) is 3. The molecule has 0 aromatic rings. The highest BCUT2D eigenvalue weighted by Crippen LogP contribution is 2.36. The van der Waals surface area contributed by atoms with Crippen molar-refractivity contribution >= 4 is 20.6 Å². The van der Waals surface area contributed by atoms with Gasteiger partial charge in [-0.2, -0.15) is 0 Å². The molecule has 0 radical (unpaired) electrons. The Hall–Kier alpha value is -2.00. The first-order valence-electron chi connectivity index (χ1n) is 14.3. The number of ether oxygens (including phenoxy) is 1. The molecule has 8 heteroatoms. The van der Waals surface area contributed by atoms with Gasteiger partial charge in [-0.3, -0.25) is 9.59 Å². The fraction of sp³-hybridized carbons (Fsp3) is 0.677. The first kappa shape index (κ1) is 37.0. The van der Waals surface area contributed by atoms with E-state index < -0.39 is 20.5 Å². The van der Waals surface area contributed by atoms with Gasteiger partial charge in [0.1, 0.15) is 6.04 Å². The Kier molecular flexibility index (Phi) is 18.9. The second-order valence-corrected chi connectivity index (χ2v) is 16.6. The van der Waals surface area contributed by atoms with Gasteiger partial charge in [-0.25, -0.2) is 0 Å². The predicted octanol–water partition coefficient (Wildman–Crippen LogP) is 5.84. The Bertz CT molecular complexity index is 801. The van der Waals surface area contributed by atoms with E-state index in [2.05, 4.69) is 57.2 Å². The quantitative estimate of drug-likeness (QED) is 0.0705. The Morgan fingerprint density at radius 2 is 1.77 bits per heavy atom. The highest BCUT2D eigenvalue weighted by Gasteiger charge is 2.38. The van der Waals surface area contributed by atoms with Crippen molar-refractivity contribution in [2.24, 2.45) is 5.92 Å². The van der Waals surface area contributed by atoms with Crippen LogP contribution in [0.5, 0.6) is 0 Å². The minimum atomic E-state index is -2.02.